The van der Waals surface area contributed by atoms with Crippen molar-refractivity contribution < 1.29 is 0 Å². The van der Waals surface area contributed by atoms with Crippen LogP contribution < -0.4 is 4.90 Å². The zero-order valence-electron chi connectivity index (χ0n) is 28.2. The van der Waals surface area contributed by atoms with E-state index in [1.807, 2.05) is 0 Å². The van der Waals surface area contributed by atoms with Crippen LogP contribution in [0.25, 0.3) is 55.2 Å². The lowest BCUT2D eigenvalue weighted by atomic mass is 10.0. The maximum absolute atomic E-state index is 2.44. The van der Waals surface area contributed by atoms with Gasteiger partial charge in [-0.3, -0.25) is 0 Å². The smallest absolute Gasteiger partial charge is 0.0494 e. The Bertz CT molecular complexity index is 2470. The van der Waals surface area contributed by atoms with Crippen LogP contribution in [0, 0.1) is 0 Å². The van der Waals surface area contributed by atoms with Gasteiger partial charge in [-0.25, -0.2) is 0 Å². The van der Waals surface area contributed by atoms with Crippen LogP contribution in [0.3, 0.4) is 0 Å². The number of hydrogen-bond donors (Lipinski definition) is 0. The van der Waals surface area contributed by atoms with E-state index < -0.39 is 0 Å². The van der Waals surface area contributed by atoms with Gasteiger partial charge < -0.3 is 9.47 Å². The molecule has 0 unspecified atom stereocenters. The van der Waals surface area contributed by atoms with Gasteiger partial charge in [0, 0.05) is 45.4 Å². The van der Waals surface area contributed by atoms with Gasteiger partial charge >= 0.3 is 0 Å². The van der Waals surface area contributed by atoms with Crippen molar-refractivity contribution in [3.05, 3.63) is 212 Å². The van der Waals surface area contributed by atoms with Crippen LogP contribution in [0.5, 0.6) is 0 Å². The largest absolute Gasteiger partial charge is 0.336 e. The van der Waals surface area contributed by atoms with Crippen LogP contribution in [-0.4, -0.2) is 4.57 Å². The van der Waals surface area contributed by atoms with E-state index in [-0.39, 0.29) is 0 Å². The Labute approximate surface area is 299 Å². The van der Waals surface area contributed by atoms with E-state index in [1.54, 1.807) is 0 Å². The van der Waals surface area contributed by atoms with E-state index in [9.17, 15) is 0 Å². The highest BCUT2D eigenvalue weighted by Crippen LogP contribution is 2.39. The van der Waals surface area contributed by atoms with Gasteiger partial charge in [-0.05, 0) is 93.5 Å². The number of para-hydroxylation sites is 1. The molecule has 8 aromatic carbocycles. The first kappa shape index (κ1) is 30.4. The summed E-state index contributed by atoms with van der Waals surface area (Å²) < 4.78 is 2.44. The molecule has 0 aliphatic heterocycles. The first-order chi connectivity index (χ1) is 25.3. The van der Waals surface area contributed by atoms with E-state index in [0.29, 0.717) is 0 Å². The molecule has 0 atom stereocenters. The normalized spacial score (nSPS) is 11.2. The zero-order chi connectivity index (χ0) is 34.0. The molecule has 0 aliphatic carbocycles. The molecule has 9 rings (SSSR count). The minimum atomic E-state index is 0.841. The minimum absolute atomic E-state index is 0.841. The standard InChI is InChI=1S/C49H36N2/c1-4-12-36(13-5-1)35-50-48-19-11-10-18-46(48)47-34-42(26-33-49(47)50)41-24-31-45(32-25-41)51(43-27-20-39(21-28-43)37-14-6-2-7-15-37)44-29-22-40(23-30-44)38-16-8-3-9-17-38/h1-34H,35H2. The Balaban J connectivity index is 1.08. The molecule has 51 heavy (non-hydrogen) atoms. The number of benzene rings is 8. The van der Waals surface area contributed by atoms with Gasteiger partial charge in [0.15, 0.2) is 0 Å². The Hall–Kier alpha value is -6.64. The van der Waals surface area contributed by atoms with Crippen molar-refractivity contribution in [2.24, 2.45) is 0 Å². The average molecular weight is 653 g/mol. The zero-order valence-corrected chi connectivity index (χ0v) is 28.2. The number of hydrogen-bond acceptors (Lipinski definition) is 1. The Kier molecular flexibility index (Phi) is 7.96. The third-order valence-corrected chi connectivity index (χ3v) is 9.88. The Morgan fingerprint density at radius 2 is 0.706 bits per heavy atom. The molecule has 1 heterocycles. The molecule has 0 saturated carbocycles. The Morgan fingerprint density at radius 3 is 1.24 bits per heavy atom. The molecule has 242 valence electrons. The summed E-state index contributed by atoms with van der Waals surface area (Å²) in [7, 11) is 0. The molecule has 2 heteroatoms. The van der Waals surface area contributed by atoms with Gasteiger partial charge in [-0.2, -0.15) is 0 Å². The lowest BCUT2D eigenvalue weighted by Gasteiger charge is -2.26. The fourth-order valence-electron chi connectivity index (χ4n) is 7.29. The summed E-state index contributed by atoms with van der Waals surface area (Å²) in [5.74, 6) is 0. The highest BCUT2D eigenvalue weighted by molar-refractivity contribution is 6.09. The van der Waals surface area contributed by atoms with Crippen LogP contribution >= 0.6 is 0 Å². The summed E-state index contributed by atoms with van der Waals surface area (Å²) in [5.41, 5.74) is 14.4. The van der Waals surface area contributed by atoms with Crippen molar-refractivity contribution in [3.63, 3.8) is 0 Å². The third-order valence-electron chi connectivity index (χ3n) is 9.88. The van der Waals surface area contributed by atoms with E-state index in [4.69, 9.17) is 0 Å². The molecule has 0 N–H and O–H groups in total. The van der Waals surface area contributed by atoms with Gasteiger partial charge in [0.05, 0.1) is 0 Å². The van der Waals surface area contributed by atoms with Crippen molar-refractivity contribution >= 4 is 38.9 Å². The molecule has 1 aromatic heterocycles. The topological polar surface area (TPSA) is 8.17 Å². The van der Waals surface area contributed by atoms with E-state index in [1.165, 1.54) is 60.8 Å². The highest BCUT2D eigenvalue weighted by Gasteiger charge is 2.15. The van der Waals surface area contributed by atoms with Crippen LogP contribution in [-0.2, 0) is 6.54 Å². The lowest BCUT2D eigenvalue weighted by molar-refractivity contribution is 0.869. The van der Waals surface area contributed by atoms with E-state index in [2.05, 4.69) is 216 Å². The molecule has 0 spiro atoms. The maximum Gasteiger partial charge on any atom is 0.0494 e. The quantitative estimate of drug-likeness (QED) is 0.159. The molecule has 2 nitrogen and oxygen atoms in total. The predicted octanol–water partition coefficient (Wildman–Crippen LogP) is 13.3. The minimum Gasteiger partial charge on any atom is -0.336 e. The SMILES string of the molecule is c1ccc(Cn2c3ccccc3c3cc(-c4ccc(N(c5ccc(-c6ccccc6)cc5)c5ccc(-c6ccccc6)cc5)cc4)ccc32)cc1. The van der Waals surface area contributed by atoms with Crippen LogP contribution in [0.1, 0.15) is 5.56 Å². The second-order valence-corrected chi connectivity index (χ2v) is 13.0. The summed E-state index contributed by atoms with van der Waals surface area (Å²) in [5, 5.41) is 2.56. The van der Waals surface area contributed by atoms with E-state index in [0.717, 1.165) is 23.6 Å². The van der Waals surface area contributed by atoms with Gasteiger partial charge in [-0.15, -0.1) is 0 Å². The van der Waals surface area contributed by atoms with Crippen LogP contribution in [0.2, 0.25) is 0 Å². The van der Waals surface area contributed by atoms with Gasteiger partial charge in [0.25, 0.3) is 0 Å². The number of nitrogens with zero attached hydrogens (tertiary/aromatic N) is 2. The van der Waals surface area contributed by atoms with E-state index >= 15 is 0 Å². The summed E-state index contributed by atoms with van der Waals surface area (Å²) in [4.78, 5) is 2.34. The number of fused-ring (bicyclic) bond motifs is 3. The second-order valence-electron chi connectivity index (χ2n) is 13.0. The fraction of sp³-hybridized carbons (Fsp3) is 0.0204. The summed E-state index contributed by atoms with van der Waals surface area (Å²) in [6, 6.07) is 74.3. The molecule has 0 fully saturated rings. The van der Waals surface area contributed by atoms with Gasteiger partial charge in [-0.1, -0.05) is 152 Å². The van der Waals surface area contributed by atoms with Gasteiger partial charge in [0.1, 0.15) is 0 Å². The molecular weight excluding hydrogens is 617 g/mol. The Morgan fingerprint density at radius 1 is 0.314 bits per heavy atom. The molecule has 0 amide bonds. The first-order valence-corrected chi connectivity index (χ1v) is 17.5. The molecule has 0 radical (unpaired) electrons. The van der Waals surface area contributed by atoms with Crippen molar-refractivity contribution in [3.8, 4) is 33.4 Å². The predicted molar refractivity (Wildman–Crippen MR) is 216 cm³/mol. The average Bonchev–Trinajstić information content (AvgIpc) is 3.52. The lowest BCUT2D eigenvalue weighted by Crippen LogP contribution is -2.09. The number of anilines is 3. The fourth-order valence-corrected chi connectivity index (χ4v) is 7.29. The first-order valence-electron chi connectivity index (χ1n) is 17.5. The molecule has 0 saturated heterocycles. The molecule has 0 aliphatic rings. The monoisotopic (exact) mass is 652 g/mol. The molecule has 9 aromatic rings. The van der Waals surface area contributed by atoms with Crippen molar-refractivity contribution in [2.45, 2.75) is 6.54 Å². The van der Waals surface area contributed by atoms with Crippen LogP contribution in [0.15, 0.2) is 206 Å². The summed E-state index contributed by atoms with van der Waals surface area (Å²) >= 11 is 0. The number of aromatic nitrogens is 1. The molecule has 0 bridgehead atoms. The summed E-state index contributed by atoms with van der Waals surface area (Å²) in [6.45, 7) is 0.841. The molecular formula is C49H36N2. The van der Waals surface area contributed by atoms with Gasteiger partial charge in [0.2, 0.25) is 0 Å². The third kappa shape index (κ3) is 5.98. The number of rotatable bonds is 8. The van der Waals surface area contributed by atoms with Crippen molar-refractivity contribution in [2.75, 3.05) is 4.90 Å². The van der Waals surface area contributed by atoms with Crippen molar-refractivity contribution in [1.29, 1.82) is 0 Å². The second kappa shape index (κ2) is 13.3. The van der Waals surface area contributed by atoms with Crippen LogP contribution in [0.4, 0.5) is 17.1 Å². The van der Waals surface area contributed by atoms with Crippen molar-refractivity contribution in [1.82, 2.24) is 4.57 Å². The summed E-state index contributed by atoms with van der Waals surface area (Å²) in [6.07, 6.45) is 0. The highest BCUT2D eigenvalue weighted by atomic mass is 15.1. The maximum atomic E-state index is 2.44.